The van der Waals surface area contributed by atoms with Gasteiger partial charge in [0, 0.05) is 13.1 Å². The van der Waals surface area contributed by atoms with E-state index in [2.05, 4.69) is 30.9 Å². The highest BCUT2D eigenvalue weighted by atomic mass is 16.4. The Morgan fingerprint density at radius 3 is 2.72 bits per heavy atom. The van der Waals surface area contributed by atoms with E-state index in [9.17, 15) is 4.79 Å². The molecule has 2 rings (SSSR count). The molecule has 3 heteroatoms. The van der Waals surface area contributed by atoms with Gasteiger partial charge in [-0.15, -0.1) is 0 Å². The fourth-order valence-electron chi connectivity index (χ4n) is 2.27. The smallest absolute Gasteiger partial charge is 0.317 e. The van der Waals surface area contributed by atoms with E-state index in [-0.39, 0.29) is 6.54 Å². The maximum absolute atomic E-state index is 10.9. The third kappa shape index (κ3) is 3.57. The highest BCUT2D eigenvalue weighted by molar-refractivity contribution is 5.69. The lowest BCUT2D eigenvalue weighted by Gasteiger charge is -2.21. The SMILES string of the molecule is Cc1cccc(CN(CC(=O)O)CC2CC2)c1C. The number of hydrogen-bond donors (Lipinski definition) is 1. The van der Waals surface area contributed by atoms with Gasteiger partial charge in [-0.3, -0.25) is 9.69 Å². The molecule has 0 atom stereocenters. The molecule has 98 valence electrons. The van der Waals surface area contributed by atoms with Crippen molar-refractivity contribution in [3.63, 3.8) is 0 Å². The maximum Gasteiger partial charge on any atom is 0.317 e. The van der Waals surface area contributed by atoms with Crippen LogP contribution < -0.4 is 0 Å². The van der Waals surface area contributed by atoms with E-state index < -0.39 is 5.97 Å². The van der Waals surface area contributed by atoms with E-state index in [0.29, 0.717) is 0 Å². The van der Waals surface area contributed by atoms with Gasteiger partial charge >= 0.3 is 5.97 Å². The number of aryl methyl sites for hydroxylation is 1. The third-order valence-corrected chi connectivity index (χ3v) is 3.68. The van der Waals surface area contributed by atoms with Gasteiger partial charge in [-0.05, 0) is 49.3 Å². The molecule has 1 aromatic rings. The Morgan fingerprint density at radius 1 is 1.39 bits per heavy atom. The van der Waals surface area contributed by atoms with Gasteiger partial charge in [0.25, 0.3) is 0 Å². The minimum absolute atomic E-state index is 0.143. The van der Waals surface area contributed by atoms with Gasteiger partial charge in [-0.25, -0.2) is 0 Å². The zero-order chi connectivity index (χ0) is 13.1. The molecule has 1 N–H and O–H groups in total. The van der Waals surface area contributed by atoms with Crippen LogP contribution in [-0.4, -0.2) is 29.1 Å². The molecule has 1 aliphatic carbocycles. The topological polar surface area (TPSA) is 40.5 Å². The number of carboxylic acids is 1. The number of rotatable bonds is 6. The molecule has 0 amide bonds. The molecule has 0 aromatic heterocycles. The van der Waals surface area contributed by atoms with Gasteiger partial charge in [-0.1, -0.05) is 18.2 Å². The van der Waals surface area contributed by atoms with Gasteiger partial charge in [0.15, 0.2) is 0 Å². The molecule has 1 aromatic carbocycles. The molecule has 0 unspecified atom stereocenters. The number of hydrogen-bond acceptors (Lipinski definition) is 2. The lowest BCUT2D eigenvalue weighted by atomic mass is 10.0. The van der Waals surface area contributed by atoms with Crippen LogP contribution in [0.1, 0.15) is 29.5 Å². The van der Waals surface area contributed by atoms with Gasteiger partial charge in [0.1, 0.15) is 0 Å². The van der Waals surface area contributed by atoms with Crippen LogP contribution in [0.25, 0.3) is 0 Å². The van der Waals surface area contributed by atoms with Crippen molar-refractivity contribution in [1.29, 1.82) is 0 Å². The summed E-state index contributed by atoms with van der Waals surface area (Å²) in [5.74, 6) is -0.0181. The highest BCUT2D eigenvalue weighted by Crippen LogP contribution is 2.30. The molecule has 1 fully saturated rings. The fraction of sp³-hybridized carbons (Fsp3) is 0.533. The lowest BCUT2D eigenvalue weighted by molar-refractivity contribution is -0.138. The number of carboxylic acid groups (broad SMARTS) is 1. The van der Waals surface area contributed by atoms with Crippen molar-refractivity contribution in [3.8, 4) is 0 Å². The predicted molar refractivity (Wildman–Crippen MR) is 71.6 cm³/mol. The molecule has 18 heavy (non-hydrogen) atoms. The number of benzene rings is 1. The Labute approximate surface area is 108 Å². The fourth-order valence-corrected chi connectivity index (χ4v) is 2.27. The summed E-state index contributed by atoms with van der Waals surface area (Å²) >= 11 is 0. The second-order valence-electron chi connectivity index (χ2n) is 5.37. The minimum Gasteiger partial charge on any atom is -0.480 e. The molecule has 0 spiro atoms. The average Bonchev–Trinajstić information content (AvgIpc) is 3.07. The van der Waals surface area contributed by atoms with Crippen LogP contribution >= 0.6 is 0 Å². The Hall–Kier alpha value is -1.35. The van der Waals surface area contributed by atoms with Crippen LogP contribution in [0.15, 0.2) is 18.2 Å². The molecule has 0 saturated heterocycles. The summed E-state index contributed by atoms with van der Waals surface area (Å²) in [4.78, 5) is 13.0. The quantitative estimate of drug-likeness (QED) is 0.840. The molecule has 1 saturated carbocycles. The van der Waals surface area contributed by atoms with Crippen LogP contribution in [0.5, 0.6) is 0 Å². The maximum atomic E-state index is 10.9. The van der Waals surface area contributed by atoms with Crippen molar-refractivity contribution in [3.05, 3.63) is 34.9 Å². The molecular formula is C15H21NO2. The molecule has 0 heterocycles. The van der Waals surface area contributed by atoms with Gasteiger partial charge in [0.05, 0.1) is 6.54 Å². The summed E-state index contributed by atoms with van der Waals surface area (Å²) in [7, 11) is 0. The van der Waals surface area contributed by atoms with Crippen LogP contribution in [-0.2, 0) is 11.3 Å². The number of carbonyl (C=O) groups is 1. The average molecular weight is 247 g/mol. The Balaban J connectivity index is 2.06. The van der Waals surface area contributed by atoms with E-state index in [4.69, 9.17) is 5.11 Å². The van der Waals surface area contributed by atoms with Gasteiger partial charge < -0.3 is 5.11 Å². The molecule has 0 bridgehead atoms. The van der Waals surface area contributed by atoms with Crippen molar-refractivity contribution in [2.45, 2.75) is 33.2 Å². The molecule has 0 aliphatic heterocycles. The van der Waals surface area contributed by atoms with Gasteiger partial charge in [0.2, 0.25) is 0 Å². The van der Waals surface area contributed by atoms with Crippen LogP contribution in [0.4, 0.5) is 0 Å². The largest absolute Gasteiger partial charge is 0.480 e. The summed E-state index contributed by atoms with van der Waals surface area (Å²) in [6, 6.07) is 6.25. The first-order valence-electron chi connectivity index (χ1n) is 6.55. The molecule has 0 radical (unpaired) electrons. The summed E-state index contributed by atoms with van der Waals surface area (Å²) in [5.41, 5.74) is 3.80. The van der Waals surface area contributed by atoms with Crippen molar-refractivity contribution in [1.82, 2.24) is 4.90 Å². The zero-order valence-electron chi connectivity index (χ0n) is 11.1. The third-order valence-electron chi connectivity index (χ3n) is 3.68. The first-order valence-corrected chi connectivity index (χ1v) is 6.55. The second-order valence-corrected chi connectivity index (χ2v) is 5.37. The first-order chi connectivity index (χ1) is 8.56. The monoisotopic (exact) mass is 247 g/mol. The number of nitrogens with zero attached hydrogens (tertiary/aromatic N) is 1. The first kappa shape index (κ1) is 13.1. The summed E-state index contributed by atoms with van der Waals surface area (Å²) < 4.78 is 0. The Bertz CT molecular complexity index is 438. The summed E-state index contributed by atoms with van der Waals surface area (Å²) in [6.07, 6.45) is 2.51. The highest BCUT2D eigenvalue weighted by Gasteiger charge is 2.25. The summed E-state index contributed by atoms with van der Waals surface area (Å²) in [5, 5.41) is 8.98. The molecular weight excluding hydrogens is 226 g/mol. The van der Waals surface area contributed by atoms with E-state index in [0.717, 1.165) is 19.0 Å². The van der Waals surface area contributed by atoms with E-state index >= 15 is 0 Å². The standard InChI is InChI=1S/C15H21NO2/c1-11-4-3-5-14(12(11)2)9-16(10-15(17)18)8-13-6-7-13/h3-5,13H,6-10H2,1-2H3,(H,17,18). The Morgan fingerprint density at radius 2 is 2.11 bits per heavy atom. The minimum atomic E-state index is -0.735. The second kappa shape index (κ2) is 5.53. The zero-order valence-corrected chi connectivity index (χ0v) is 11.1. The van der Waals surface area contributed by atoms with E-state index in [1.165, 1.54) is 29.5 Å². The van der Waals surface area contributed by atoms with Crippen LogP contribution in [0.3, 0.4) is 0 Å². The van der Waals surface area contributed by atoms with E-state index in [1.807, 2.05) is 6.07 Å². The van der Waals surface area contributed by atoms with Crippen LogP contribution in [0.2, 0.25) is 0 Å². The summed E-state index contributed by atoms with van der Waals surface area (Å²) in [6.45, 7) is 6.02. The molecule has 3 nitrogen and oxygen atoms in total. The Kier molecular flexibility index (Phi) is 4.02. The van der Waals surface area contributed by atoms with Gasteiger partial charge in [-0.2, -0.15) is 0 Å². The van der Waals surface area contributed by atoms with Crippen molar-refractivity contribution >= 4 is 5.97 Å². The number of aliphatic carboxylic acids is 1. The van der Waals surface area contributed by atoms with E-state index in [1.54, 1.807) is 0 Å². The normalized spacial score (nSPS) is 15.1. The molecule has 1 aliphatic rings. The lowest BCUT2D eigenvalue weighted by Crippen LogP contribution is -2.31. The van der Waals surface area contributed by atoms with Crippen LogP contribution in [0, 0.1) is 19.8 Å². The predicted octanol–water partition coefficient (Wildman–Crippen LogP) is 2.60. The van der Waals surface area contributed by atoms with Crippen molar-refractivity contribution in [2.24, 2.45) is 5.92 Å². The van der Waals surface area contributed by atoms with Crippen molar-refractivity contribution in [2.75, 3.05) is 13.1 Å². The van der Waals surface area contributed by atoms with Crippen molar-refractivity contribution < 1.29 is 9.90 Å².